The minimum absolute atomic E-state index is 0.103. The maximum atomic E-state index is 12.5. The van der Waals surface area contributed by atoms with Gasteiger partial charge in [-0.1, -0.05) is 17.7 Å². The Hall–Kier alpha value is -2.86. The van der Waals surface area contributed by atoms with Gasteiger partial charge in [0.25, 0.3) is 5.91 Å². The normalized spacial score (nSPS) is 10.1. The van der Waals surface area contributed by atoms with E-state index in [0.29, 0.717) is 0 Å². The molecule has 25 heavy (non-hydrogen) atoms. The first-order chi connectivity index (χ1) is 11.9. The molecule has 0 saturated carbocycles. The highest BCUT2D eigenvalue weighted by molar-refractivity contribution is 6.34. The number of nitrogens with one attached hydrogen (secondary N) is 1. The first-order valence-corrected chi connectivity index (χ1v) is 7.63. The Morgan fingerprint density at radius 2 is 1.56 bits per heavy atom. The summed E-state index contributed by atoms with van der Waals surface area (Å²) in [6.07, 6.45) is 0. The number of rotatable bonds is 4. The highest BCUT2D eigenvalue weighted by Gasteiger charge is 2.19. The number of amides is 1. The molecule has 7 heteroatoms. The van der Waals surface area contributed by atoms with E-state index in [-0.39, 0.29) is 27.4 Å². The van der Waals surface area contributed by atoms with Crippen molar-refractivity contribution in [1.82, 2.24) is 0 Å². The van der Waals surface area contributed by atoms with E-state index < -0.39 is 17.8 Å². The number of carbonyl (C=O) groups is 3. The fourth-order valence-electron chi connectivity index (χ4n) is 2.17. The lowest BCUT2D eigenvalue weighted by molar-refractivity contribution is 0.0587. The first-order valence-electron chi connectivity index (χ1n) is 7.25. The van der Waals surface area contributed by atoms with Crippen LogP contribution < -0.4 is 5.32 Å². The van der Waals surface area contributed by atoms with Crippen molar-refractivity contribution >= 4 is 35.1 Å². The number of hydrogen-bond acceptors (Lipinski definition) is 5. The number of anilines is 1. The van der Waals surface area contributed by atoms with Crippen molar-refractivity contribution in [2.45, 2.75) is 6.92 Å². The molecule has 0 aliphatic carbocycles. The average Bonchev–Trinajstić information content (AvgIpc) is 2.60. The molecule has 130 valence electrons. The van der Waals surface area contributed by atoms with Crippen LogP contribution in [0, 0.1) is 6.92 Å². The van der Waals surface area contributed by atoms with Gasteiger partial charge in [0, 0.05) is 0 Å². The fourth-order valence-corrected chi connectivity index (χ4v) is 2.50. The van der Waals surface area contributed by atoms with Gasteiger partial charge in [0.05, 0.1) is 41.6 Å². The van der Waals surface area contributed by atoms with Crippen molar-refractivity contribution in [2.75, 3.05) is 19.5 Å². The van der Waals surface area contributed by atoms with Crippen LogP contribution in [0.5, 0.6) is 0 Å². The van der Waals surface area contributed by atoms with Gasteiger partial charge in [-0.05, 0) is 42.8 Å². The number of hydrogen-bond donors (Lipinski definition) is 1. The molecule has 0 fully saturated rings. The lowest BCUT2D eigenvalue weighted by Crippen LogP contribution is -2.17. The van der Waals surface area contributed by atoms with E-state index in [1.165, 1.54) is 32.4 Å². The SMILES string of the molecule is COC(=O)c1ccc(C(=O)OC)c(NC(=O)c2ccc(C)cc2Cl)c1. The minimum Gasteiger partial charge on any atom is -0.465 e. The molecule has 2 aromatic carbocycles. The lowest BCUT2D eigenvalue weighted by Gasteiger charge is -2.12. The molecule has 6 nitrogen and oxygen atoms in total. The van der Waals surface area contributed by atoms with E-state index in [9.17, 15) is 14.4 Å². The molecule has 0 aliphatic rings. The molecule has 0 atom stereocenters. The summed E-state index contributed by atoms with van der Waals surface area (Å²) in [4.78, 5) is 36.1. The summed E-state index contributed by atoms with van der Waals surface area (Å²) in [5, 5.41) is 2.87. The standard InChI is InChI=1S/C18H16ClNO5/c1-10-4-6-12(14(19)8-10)16(21)20-15-9-11(17(22)24-2)5-7-13(15)18(23)25-3/h4-9H,1-3H3,(H,20,21). The van der Waals surface area contributed by atoms with Crippen LogP contribution >= 0.6 is 11.6 Å². The van der Waals surface area contributed by atoms with Gasteiger partial charge >= 0.3 is 11.9 Å². The Morgan fingerprint density at radius 3 is 2.16 bits per heavy atom. The second kappa shape index (κ2) is 7.81. The van der Waals surface area contributed by atoms with Crippen LogP contribution in [0.2, 0.25) is 5.02 Å². The quantitative estimate of drug-likeness (QED) is 0.843. The second-order valence-electron chi connectivity index (χ2n) is 5.18. The van der Waals surface area contributed by atoms with Gasteiger partial charge in [-0.3, -0.25) is 4.79 Å². The molecule has 1 amide bonds. The van der Waals surface area contributed by atoms with Gasteiger partial charge in [0.1, 0.15) is 0 Å². The van der Waals surface area contributed by atoms with Crippen molar-refractivity contribution in [3.63, 3.8) is 0 Å². The van der Waals surface area contributed by atoms with Crippen LogP contribution in [-0.4, -0.2) is 32.1 Å². The molecule has 0 unspecified atom stereocenters. The molecule has 0 bridgehead atoms. The second-order valence-corrected chi connectivity index (χ2v) is 5.59. The zero-order valence-corrected chi connectivity index (χ0v) is 14.6. The Morgan fingerprint density at radius 1 is 0.920 bits per heavy atom. The first kappa shape index (κ1) is 18.5. The van der Waals surface area contributed by atoms with E-state index in [2.05, 4.69) is 10.1 Å². The molecule has 1 N–H and O–H groups in total. The van der Waals surface area contributed by atoms with E-state index >= 15 is 0 Å². The molecule has 2 rings (SSSR count). The van der Waals surface area contributed by atoms with Gasteiger partial charge in [-0.15, -0.1) is 0 Å². The van der Waals surface area contributed by atoms with Crippen molar-refractivity contribution < 1.29 is 23.9 Å². The third kappa shape index (κ3) is 4.16. The van der Waals surface area contributed by atoms with Gasteiger partial charge < -0.3 is 14.8 Å². The highest BCUT2D eigenvalue weighted by atomic mass is 35.5. The number of carbonyl (C=O) groups excluding carboxylic acids is 3. The topological polar surface area (TPSA) is 81.7 Å². The molecule has 0 saturated heterocycles. The number of esters is 2. The number of halogens is 1. The molecule has 0 aliphatic heterocycles. The van der Waals surface area contributed by atoms with Gasteiger partial charge in [-0.25, -0.2) is 9.59 Å². The van der Waals surface area contributed by atoms with Gasteiger partial charge in [-0.2, -0.15) is 0 Å². The van der Waals surface area contributed by atoms with Crippen LogP contribution in [0.15, 0.2) is 36.4 Å². The van der Waals surface area contributed by atoms with E-state index in [1.807, 2.05) is 6.92 Å². The maximum absolute atomic E-state index is 12.5. The Balaban J connectivity index is 2.42. The number of ether oxygens (including phenoxy) is 2. The van der Waals surface area contributed by atoms with Crippen LogP contribution in [0.1, 0.15) is 36.6 Å². The molecule has 0 heterocycles. The summed E-state index contributed by atoms with van der Waals surface area (Å²) in [7, 11) is 2.46. The lowest BCUT2D eigenvalue weighted by atomic mass is 10.1. The summed E-state index contributed by atoms with van der Waals surface area (Å²) in [5.41, 5.74) is 1.56. The summed E-state index contributed by atoms with van der Waals surface area (Å²) in [5.74, 6) is -1.76. The largest absolute Gasteiger partial charge is 0.465 e. The fraction of sp³-hybridized carbons (Fsp3) is 0.167. The van der Waals surface area contributed by atoms with E-state index in [4.69, 9.17) is 16.3 Å². The summed E-state index contributed by atoms with van der Waals surface area (Å²) in [6, 6.07) is 9.11. The Labute approximate surface area is 149 Å². The van der Waals surface area contributed by atoms with Gasteiger partial charge in [0.15, 0.2) is 0 Å². The summed E-state index contributed by atoms with van der Waals surface area (Å²) in [6.45, 7) is 1.85. The van der Waals surface area contributed by atoms with Crippen molar-refractivity contribution in [1.29, 1.82) is 0 Å². The average molecular weight is 362 g/mol. The van der Waals surface area contributed by atoms with E-state index in [1.54, 1.807) is 18.2 Å². The summed E-state index contributed by atoms with van der Waals surface area (Å²) < 4.78 is 9.35. The summed E-state index contributed by atoms with van der Waals surface area (Å²) >= 11 is 6.10. The molecular formula is C18H16ClNO5. The van der Waals surface area contributed by atoms with Crippen molar-refractivity contribution in [3.05, 3.63) is 63.7 Å². The van der Waals surface area contributed by atoms with Crippen LogP contribution in [0.25, 0.3) is 0 Å². The smallest absolute Gasteiger partial charge is 0.339 e. The highest BCUT2D eigenvalue weighted by Crippen LogP contribution is 2.23. The molecule has 0 spiro atoms. The third-order valence-corrected chi connectivity index (χ3v) is 3.78. The maximum Gasteiger partial charge on any atom is 0.339 e. The number of aryl methyl sites for hydroxylation is 1. The predicted molar refractivity (Wildman–Crippen MR) is 93.3 cm³/mol. The number of benzene rings is 2. The number of methoxy groups -OCH3 is 2. The zero-order valence-electron chi connectivity index (χ0n) is 13.9. The van der Waals surface area contributed by atoms with Gasteiger partial charge in [0.2, 0.25) is 0 Å². The van der Waals surface area contributed by atoms with Crippen molar-refractivity contribution in [2.24, 2.45) is 0 Å². The molecule has 0 radical (unpaired) electrons. The zero-order chi connectivity index (χ0) is 18.6. The van der Waals surface area contributed by atoms with Crippen LogP contribution in [0.3, 0.4) is 0 Å². The molecular weight excluding hydrogens is 346 g/mol. The van der Waals surface area contributed by atoms with Crippen molar-refractivity contribution in [3.8, 4) is 0 Å². The predicted octanol–water partition coefficient (Wildman–Crippen LogP) is 3.47. The minimum atomic E-state index is -0.651. The monoisotopic (exact) mass is 361 g/mol. The molecule has 2 aromatic rings. The third-order valence-electron chi connectivity index (χ3n) is 3.46. The van der Waals surface area contributed by atoms with Crippen LogP contribution in [-0.2, 0) is 9.47 Å². The van der Waals surface area contributed by atoms with E-state index in [0.717, 1.165) is 5.56 Å². The molecule has 0 aromatic heterocycles. The Bertz CT molecular complexity index is 847. The van der Waals surface area contributed by atoms with Crippen LogP contribution in [0.4, 0.5) is 5.69 Å². The Kier molecular flexibility index (Phi) is 5.77.